The van der Waals surface area contributed by atoms with Crippen LogP contribution in [-0.4, -0.2) is 35.3 Å². The highest BCUT2D eigenvalue weighted by Crippen LogP contribution is 2.39. The largest absolute Gasteiger partial charge is 0.438 e. The summed E-state index contributed by atoms with van der Waals surface area (Å²) in [7, 11) is 0. The van der Waals surface area contributed by atoms with Gasteiger partial charge in [-0.1, -0.05) is 32.9 Å². The Kier molecular flexibility index (Phi) is 4.99. The van der Waals surface area contributed by atoms with Gasteiger partial charge in [-0.25, -0.2) is 9.18 Å². The Labute approximate surface area is 137 Å². The van der Waals surface area contributed by atoms with Crippen molar-refractivity contribution < 1.29 is 19.0 Å². The van der Waals surface area contributed by atoms with E-state index in [1.807, 2.05) is 6.92 Å². The molecule has 1 aliphatic rings. The van der Waals surface area contributed by atoms with Crippen molar-refractivity contribution in [1.29, 1.82) is 0 Å². The van der Waals surface area contributed by atoms with E-state index in [1.165, 1.54) is 12.1 Å². The van der Waals surface area contributed by atoms with Gasteiger partial charge in [0.05, 0.1) is 0 Å². The van der Waals surface area contributed by atoms with E-state index in [9.17, 15) is 14.3 Å². The molecule has 1 heterocycles. The molecule has 0 aliphatic carbocycles. The molecule has 1 amide bonds. The molecule has 2 rings (SSSR count). The van der Waals surface area contributed by atoms with Gasteiger partial charge in [0.1, 0.15) is 11.4 Å². The Morgan fingerprint density at radius 1 is 1.35 bits per heavy atom. The van der Waals surface area contributed by atoms with E-state index in [2.05, 4.69) is 20.8 Å². The number of cyclic esters (lactones) is 1. The molecule has 4 nitrogen and oxygen atoms in total. The predicted molar refractivity (Wildman–Crippen MR) is 86.5 cm³/mol. The number of hydrogen-bond acceptors (Lipinski definition) is 3. The number of carbonyl (C=O) groups excluding carboxylic acids is 1. The Morgan fingerprint density at radius 2 is 1.96 bits per heavy atom. The second-order valence-electron chi connectivity index (χ2n) is 7.33. The van der Waals surface area contributed by atoms with Crippen molar-refractivity contribution in [3.05, 3.63) is 35.6 Å². The van der Waals surface area contributed by atoms with E-state index in [1.54, 1.807) is 17.0 Å². The molecule has 23 heavy (non-hydrogen) atoms. The summed E-state index contributed by atoms with van der Waals surface area (Å²) in [5.41, 5.74) is -0.205. The van der Waals surface area contributed by atoms with Crippen molar-refractivity contribution in [2.75, 3.05) is 13.2 Å². The molecule has 0 spiro atoms. The Hall–Kier alpha value is -1.62. The lowest BCUT2D eigenvalue weighted by molar-refractivity contribution is -0.0794. The van der Waals surface area contributed by atoms with Crippen LogP contribution < -0.4 is 0 Å². The van der Waals surface area contributed by atoms with Crippen LogP contribution in [0.2, 0.25) is 0 Å². The molecule has 1 aromatic carbocycles. The zero-order valence-electron chi connectivity index (χ0n) is 14.3. The fourth-order valence-corrected chi connectivity index (χ4v) is 2.95. The minimum absolute atomic E-state index is 0.0374. The number of ether oxygens (including phenoxy) is 1. The first-order valence-electron chi connectivity index (χ1n) is 8.06. The van der Waals surface area contributed by atoms with Crippen LogP contribution in [0.4, 0.5) is 9.18 Å². The molecule has 1 aliphatic heterocycles. The summed E-state index contributed by atoms with van der Waals surface area (Å²) in [6.45, 7) is 8.72. The van der Waals surface area contributed by atoms with Crippen LogP contribution >= 0.6 is 0 Å². The third-order valence-corrected chi connectivity index (χ3v) is 4.88. The van der Waals surface area contributed by atoms with Gasteiger partial charge in [0, 0.05) is 32.0 Å². The molecule has 1 aromatic rings. The fraction of sp³-hybridized carbons (Fsp3) is 0.611. The Bertz CT molecular complexity index is 552. The van der Waals surface area contributed by atoms with E-state index in [0.717, 1.165) is 5.56 Å². The van der Waals surface area contributed by atoms with E-state index in [4.69, 9.17) is 4.74 Å². The van der Waals surface area contributed by atoms with Gasteiger partial charge in [0.25, 0.3) is 0 Å². The van der Waals surface area contributed by atoms with Crippen LogP contribution in [0.1, 0.15) is 46.1 Å². The zero-order chi connectivity index (χ0) is 17.3. The van der Waals surface area contributed by atoms with Gasteiger partial charge in [-0.3, -0.25) is 0 Å². The van der Waals surface area contributed by atoms with Gasteiger partial charge >= 0.3 is 6.09 Å². The van der Waals surface area contributed by atoms with Crippen LogP contribution in [0.15, 0.2) is 24.3 Å². The molecule has 0 aromatic heterocycles. The molecule has 1 N–H and O–H groups in total. The maximum absolute atomic E-state index is 13.2. The van der Waals surface area contributed by atoms with E-state index in [0.29, 0.717) is 19.4 Å². The summed E-state index contributed by atoms with van der Waals surface area (Å²) in [6, 6.07) is 6.00. The monoisotopic (exact) mass is 323 g/mol. The number of aliphatic hydroxyl groups is 1. The molecule has 5 heteroatoms. The first kappa shape index (κ1) is 17.7. The molecule has 1 fully saturated rings. The summed E-state index contributed by atoms with van der Waals surface area (Å²) < 4.78 is 18.9. The molecule has 2 atom stereocenters. The number of rotatable bonds is 4. The molecule has 0 saturated carbocycles. The highest BCUT2D eigenvalue weighted by molar-refractivity contribution is 5.70. The number of halogens is 1. The Morgan fingerprint density at radius 3 is 2.43 bits per heavy atom. The second kappa shape index (κ2) is 6.48. The standard InChI is InChI=1S/C18H26FNO3/c1-13(17(2,3)4)20-11-9-18(10-12-21,23-16(20)22)14-5-7-15(19)8-6-14/h5-8,13,21H,9-12H2,1-4H3/t13-,18?/m0/s1. The quantitative estimate of drug-likeness (QED) is 0.919. The van der Waals surface area contributed by atoms with Gasteiger partial charge < -0.3 is 14.7 Å². The smallest absolute Gasteiger partial charge is 0.410 e. The lowest BCUT2D eigenvalue weighted by Crippen LogP contribution is -2.54. The van der Waals surface area contributed by atoms with Crippen LogP contribution in [0.3, 0.4) is 0 Å². The molecular formula is C18H26FNO3. The van der Waals surface area contributed by atoms with Crippen molar-refractivity contribution in [2.45, 2.75) is 52.2 Å². The van der Waals surface area contributed by atoms with Gasteiger partial charge in [-0.2, -0.15) is 0 Å². The van der Waals surface area contributed by atoms with Gasteiger partial charge in [0.15, 0.2) is 0 Å². The SMILES string of the molecule is C[C@H](N1CCC(CCO)(c2ccc(F)cc2)OC1=O)C(C)(C)C. The van der Waals surface area contributed by atoms with Crippen molar-refractivity contribution in [1.82, 2.24) is 4.90 Å². The number of benzene rings is 1. The summed E-state index contributed by atoms with van der Waals surface area (Å²) in [5, 5.41) is 9.41. The third kappa shape index (κ3) is 3.66. The summed E-state index contributed by atoms with van der Waals surface area (Å²) >= 11 is 0. The van der Waals surface area contributed by atoms with Crippen molar-refractivity contribution in [3.63, 3.8) is 0 Å². The third-order valence-electron chi connectivity index (χ3n) is 4.88. The lowest BCUT2D eigenvalue weighted by atomic mass is 9.83. The minimum Gasteiger partial charge on any atom is -0.438 e. The normalized spacial score (nSPS) is 23.6. The summed E-state index contributed by atoms with van der Waals surface area (Å²) in [4.78, 5) is 14.3. The van der Waals surface area contributed by atoms with Crippen LogP contribution in [0.5, 0.6) is 0 Å². The average Bonchev–Trinajstić information content (AvgIpc) is 2.46. The molecule has 0 bridgehead atoms. The molecule has 1 saturated heterocycles. The van der Waals surface area contributed by atoms with Crippen molar-refractivity contribution in [3.8, 4) is 0 Å². The highest BCUT2D eigenvalue weighted by Gasteiger charge is 2.44. The van der Waals surface area contributed by atoms with E-state index < -0.39 is 5.60 Å². The molecule has 128 valence electrons. The molecule has 0 radical (unpaired) electrons. The Balaban J connectivity index is 2.25. The summed E-state index contributed by atoms with van der Waals surface area (Å²) in [6.07, 6.45) is 0.504. The van der Waals surface area contributed by atoms with Crippen LogP contribution in [0.25, 0.3) is 0 Å². The minimum atomic E-state index is -0.881. The number of nitrogens with zero attached hydrogens (tertiary/aromatic N) is 1. The number of aliphatic hydroxyl groups excluding tert-OH is 1. The topological polar surface area (TPSA) is 49.8 Å². The second-order valence-corrected chi connectivity index (χ2v) is 7.33. The number of hydrogen-bond donors (Lipinski definition) is 1. The van der Waals surface area contributed by atoms with Gasteiger partial charge in [-0.15, -0.1) is 0 Å². The van der Waals surface area contributed by atoms with Crippen LogP contribution in [0, 0.1) is 11.2 Å². The maximum atomic E-state index is 13.2. The first-order chi connectivity index (χ1) is 10.7. The van der Waals surface area contributed by atoms with Gasteiger partial charge in [-0.05, 0) is 30.0 Å². The average molecular weight is 323 g/mol. The molecular weight excluding hydrogens is 297 g/mol. The van der Waals surface area contributed by atoms with E-state index in [-0.39, 0.29) is 30.0 Å². The first-order valence-corrected chi connectivity index (χ1v) is 8.06. The number of amides is 1. The zero-order valence-corrected chi connectivity index (χ0v) is 14.3. The van der Waals surface area contributed by atoms with Crippen molar-refractivity contribution in [2.24, 2.45) is 5.41 Å². The predicted octanol–water partition coefficient (Wildman–Crippen LogP) is 3.68. The van der Waals surface area contributed by atoms with Crippen molar-refractivity contribution >= 4 is 6.09 Å². The molecule has 1 unspecified atom stereocenters. The summed E-state index contributed by atoms with van der Waals surface area (Å²) in [5.74, 6) is -0.335. The van der Waals surface area contributed by atoms with E-state index >= 15 is 0 Å². The van der Waals surface area contributed by atoms with Crippen LogP contribution in [-0.2, 0) is 10.3 Å². The maximum Gasteiger partial charge on any atom is 0.410 e. The number of carbonyl (C=O) groups is 1. The van der Waals surface area contributed by atoms with Gasteiger partial charge in [0.2, 0.25) is 0 Å². The lowest BCUT2D eigenvalue weighted by Gasteiger charge is -2.46. The highest BCUT2D eigenvalue weighted by atomic mass is 19.1. The fourth-order valence-electron chi connectivity index (χ4n) is 2.95.